The molecular weight excluding hydrogens is 200 g/mol. The number of hydrazine groups is 1. The second-order valence-corrected chi connectivity index (χ2v) is 6.53. The van der Waals surface area contributed by atoms with Gasteiger partial charge in [0, 0.05) is 14.1 Å². The van der Waals surface area contributed by atoms with Crippen LogP contribution in [0.2, 0.25) is 0 Å². The molecule has 0 heterocycles. The molecule has 0 aromatic rings. The maximum atomic E-state index is 12.4. The van der Waals surface area contributed by atoms with Gasteiger partial charge in [0.1, 0.15) is 0 Å². The van der Waals surface area contributed by atoms with E-state index in [1.165, 1.54) is 19.3 Å². The Kier molecular flexibility index (Phi) is 2.29. The minimum Gasteiger partial charge on any atom is -0.289 e. The summed E-state index contributed by atoms with van der Waals surface area (Å²) in [6.07, 6.45) is 7.65. The van der Waals surface area contributed by atoms with Gasteiger partial charge in [0.25, 0.3) is 0 Å². The van der Waals surface area contributed by atoms with Gasteiger partial charge in [-0.05, 0) is 56.3 Å². The summed E-state index contributed by atoms with van der Waals surface area (Å²) in [6, 6.07) is 0. The number of carbonyl (C=O) groups is 1. The number of nitrogens with zero attached hydrogens (tertiary/aromatic N) is 1. The van der Waals surface area contributed by atoms with Crippen molar-refractivity contribution in [1.29, 1.82) is 0 Å². The molecule has 0 aromatic heterocycles. The summed E-state index contributed by atoms with van der Waals surface area (Å²) in [4.78, 5) is 12.4. The van der Waals surface area contributed by atoms with Crippen LogP contribution in [0.3, 0.4) is 0 Å². The maximum absolute atomic E-state index is 12.4. The molecule has 0 saturated heterocycles. The smallest absolute Gasteiger partial charge is 0.240 e. The van der Waals surface area contributed by atoms with Crippen molar-refractivity contribution in [1.82, 2.24) is 10.4 Å². The first kappa shape index (κ1) is 10.6. The zero-order valence-corrected chi connectivity index (χ0v) is 10.3. The van der Waals surface area contributed by atoms with Crippen LogP contribution in [-0.2, 0) is 4.79 Å². The quantitative estimate of drug-likeness (QED) is 0.723. The van der Waals surface area contributed by atoms with E-state index in [9.17, 15) is 4.79 Å². The van der Waals surface area contributed by atoms with E-state index < -0.39 is 0 Å². The fraction of sp³-hybridized carbons (Fsp3) is 0.923. The van der Waals surface area contributed by atoms with Gasteiger partial charge >= 0.3 is 0 Å². The van der Waals surface area contributed by atoms with E-state index in [0.717, 1.165) is 37.0 Å². The van der Waals surface area contributed by atoms with Crippen molar-refractivity contribution >= 4 is 5.91 Å². The van der Waals surface area contributed by atoms with Crippen LogP contribution in [0.5, 0.6) is 0 Å². The third-order valence-corrected chi connectivity index (χ3v) is 4.85. The van der Waals surface area contributed by atoms with E-state index in [4.69, 9.17) is 0 Å². The molecule has 0 aliphatic heterocycles. The van der Waals surface area contributed by atoms with Crippen molar-refractivity contribution < 1.29 is 4.79 Å². The number of nitrogens with one attached hydrogen (secondary N) is 1. The number of carbonyl (C=O) groups excluding carboxylic acids is 1. The Morgan fingerprint density at radius 2 is 1.50 bits per heavy atom. The molecule has 3 heteroatoms. The first-order chi connectivity index (χ1) is 7.57. The van der Waals surface area contributed by atoms with E-state index in [-0.39, 0.29) is 11.3 Å². The van der Waals surface area contributed by atoms with Crippen LogP contribution in [0.15, 0.2) is 0 Å². The Bertz CT molecular complexity index is 276. The molecule has 4 aliphatic rings. The van der Waals surface area contributed by atoms with Crippen molar-refractivity contribution in [3.8, 4) is 0 Å². The highest BCUT2D eigenvalue weighted by Crippen LogP contribution is 2.60. The highest BCUT2D eigenvalue weighted by Gasteiger charge is 2.54. The molecule has 4 bridgehead atoms. The largest absolute Gasteiger partial charge is 0.289 e. The monoisotopic (exact) mass is 222 g/mol. The molecule has 4 aliphatic carbocycles. The molecule has 4 saturated carbocycles. The molecule has 0 unspecified atom stereocenters. The van der Waals surface area contributed by atoms with Crippen LogP contribution >= 0.6 is 0 Å². The molecule has 4 rings (SSSR count). The lowest BCUT2D eigenvalue weighted by molar-refractivity contribution is -0.150. The van der Waals surface area contributed by atoms with Crippen LogP contribution in [0.25, 0.3) is 0 Å². The van der Waals surface area contributed by atoms with Gasteiger partial charge in [-0.1, -0.05) is 0 Å². The fourth-order valence-electron chi connectivity index (χ4n) is 4.71. The molecule has 3 nitrogen and oxygen atoms in total. The molecule has 0 spiro atoms. The predicted molar refractivity (Wildman–Crippen MR) is 62.4 cm³/mol. The lowest BCUT2D eigenvalue weighted by Crippen LogP contribution is -2.55. The standard InChI is InChI=1S/C13H22N2O/c1-15(2)14-12(16)13-6-9-3-10(7-13)5-11(4-9)8-13/h9-11H,3-8H2,1-2H3,(H,14,16). The van der Waals surface area contributed by atoms with E-state index >= 15 is 0 Å². The molecule has 1 amide bonds. The lowest BCUT2D eigenvalue weighted by atomic mass is 9.49. The lowest BCUT2D eigenvalue weighted by Gasteiger charge is -2.55. The third kappa shape index (κ3) is 1.56. The molecular formula is C13H22N2O. The second-order valence-electron chi connectivity index (χ2n) is 6.53. The number of hydrogen-bond donors (Lipinski definition) is 1. The number of amides is 1. The molecule has 16 heavy (non-hydrogen) atoms. The van der Waals surface area contributed by atoms with Crippen LogP contribution in [-0.4, -0.2) is 25.0 Å². The Balaban J connectivity index is 1.80. The van der Waals surface area contributed by atoms with Gasteiger partial charge < -0.3 is 0 Å². The zero-order chi connectivity index (χ0) is 11.3. The maximum Gasteiger partial charge on any atom is 0.240 e. The Morgan fingerprint density at radius 3 is 1.88 bits per heavy atom. The normalized spacial score (nSPS) is 45.1. The van der Waals surface area contributed by atoms with Crippen molar-refractivity contribution in [2.24, 2.45) is 23.2 Å². The molecule has 1 N–H and O–H groups in total. The topological polar surface area (TPSA) is 32.3 Å². The predicted octanol–water partition coefficient (Wildman–Crippen LogP) is 1.80. The second kappa shape index (κ2) is 3.46. The van der Waals surface area contributed by atoms with Crippen LogP contribution in [0.4, 0.5) is 0 Å². The third-order valence-electron chi connectivity index (χ3n) is 4.85. The van der Waals surface area contributed by atoms with Gasteiger partial charge in [-0.3, -0.25) is 10.2 Å². The highest BCUT2D eigenvalue weighted by atomic mass is 16.2. The van der Waals surface area contributed by atoms with Crippen molar-refractivity contribution in [3.05, 3.63) is 0 Å². The average molecular weight is 222 g/mol. The fourth-order valence-corrected chi connectivity index (χ4v) is 4.71. The Morgan fingerprint density at radius 1 is 1.06 bits per heavy atom. The summed E-state index contributed by atoms with van der Waals surface area (Å²) < 4.78 is 0. The molecule has 90 valence electrons. The minimum absolute atomic E-state index is 0.000972. The SMILES string of the molecule is CN(C)NC(=O)C12CC3CC(CC(C3)C1)C2. The summed E-state index contributed by atoms with van der Waals surface area (Å²) in [6.45, 7) is 0. The van der Waals surface area contributed by atoms with E-state index in [0.29, 0.717) is 0 Å². The number of hydrogen-bond acceptors (Lipinski definition) is 2. The van der Waals surface area contributed by atoms with Crippen molar-refractivity contribution in [2.45, 2.75) is 38.5 Å². The summed E-state index contributed by atoms with van der Waals surface area (Å²) >= 11 is 0. The van der Waals surface area contributed by atoms with Gasteiger partial charge in [-0.25, -0.2) is 5.01 Å². The molecule has 0 atom stereocenters. The molecule has 4 fully saturated rings. The highest BCUT2D eigenvalue weighted by molar-refractivity contribution is 5.82. The summed E-state index contributed by atoms with van der Waals surface area (Å²) in [7, 11) is 3.80. The van der Waals surface area contributed by atoms with Crippen LogP contribution in [0.1, 0.15) is 38.5 Å². The average Bonchev–Trinajstić information content (AvgIpc) is 2.13. The van der Waals surface area contributed by atoms with Gasteiger partial charge in [0.15, 0.2) is 0 Å². The first-order valence-electron chi connectivity index (χ1n) is 6.56. The number of rotatable bonds is 2. The Labute approximate surface area is 97.5 Å². The molecule has 0 radical (unpaired) electrons. The molecule has 0 aromatic carbocycles. The minimum atomic E-state index is -0.000972. The van der Waals surface area contributed by atoms with Gasteiger partial charge in [0.2, 0.25) is 5.91 Å². The Hall–Kier alpha value is -0.570. The first-order valence-corrected chi connectivity index (χ1v) is 6.56. The summed E-state index contributed by atoms with van der Waals surface area (Å²) in [5, 5.41) is 1.79. The van der Waals surface area contributed by atoms with Crippen molar-refractivity contribution in [2.75, 3.05) is 14.1 Å². The van der Waals surface area contributed by atoms with Gasteiger partial charge in [-0.2, -0.15) is 0 Å². The summed E-state index contributed by atoms with van der Waals surface area (Å²) in [5.41, 5.74) is 2.99. The van der Waals surface area contributed by atoms with Gasteiger partial charge in [0.05, 0.1) is 5.41 Å². The zero-order valence-electron chi connectivity index (χ0n) is 10.3. The summed E-state index contributed by atoms with van der Waals surface area (Å²) in [5.74, 6) is 2.83. The van der Waals surface area contributed by atoms with E-state index in [1.807, 2.05) is 14.1 Å². The van der Waals surface area contributed by atoms with Crippen LogP contribution < -0.4 is 5.43 Å². The van der Waals surface area contributed by atoms with Crippen molar-refractivity contribution in [3.63, 3.8) is 0 Å². The van der Waals surface area contributed by atoms with Gasteiger partial charge in [-0.15, -0.1) is 0 Å². The van der Waals surface area contributed by atoms with E-state index in [2.05, 4.69) is 5.43 Å². The van der Waals surface area contributed by atoms with Crippen LogP contribution in [0, 0.1) is 23.2 Å². The van der Waals surface area contributed by atoms with E-state index in [1.54, 1.807) is 5.01 Å².